The Bertz CT molecular complexity index is 268. The maximum Gasteiger partial charge on any atom is 0.159 e. The average molecular weight is 178 g/mol. The predicted molar refractivity (Wildman–Crippen MR) is 49.0 cm³/mol. The standard InChI is InChI=1S/C10H14N2O/c13-10(5-2-1-3-6-10)9-11-7-4-8-12-9/h4,7-8,13H,1-3,5-6H2. The van der Waals surface area contributed by atoms with Gasteiger partial charge in [0.15, 0.2) is 5.82 Å². The van der Waals surface area contributed by atoms with Crippen LogP contribution in [0.5, 0.6) is 0 Å². The Morgan fingerprint density at radius 3 is 2.31 bits per heavy atom. The first kappa shape index (κ1) is 8.63. The van der Waals surface area contributed by atoms with Gasteiger partial charge in [0.2, 0.25) is 0 Å². The van der Waals surface area contributed by atoms with E-state index >= 15 is 0 Å². The van der Waals surface area contributed by atoms with Crippen LogP contribution in [0.2, 0.25) is 0 Å². The quantitative estimate of drug-likeness (QED) is 0.711. The molecule has 1 aromatic heterocycles. The molecule has 0 spiro atoms. The number of rotatable bonds is 1. The Labute approximate surface area is 77.8 Å². The smallest absolute Gasteiger partial charge is 0.159 e. The molecule has 1 fully saturated rings. The van der Waals surface area contributed by atoms with Crippen molar-refractivity contribution in [3.05, 3.63) is 24.3 Å². The summed E-state index contributed by atoms with van der Waals surface area (Å²) in [5.74, 6) is 0.592. The fraction of sp³-hybridized carbons (Fsp3) is 0.600. The number of aromatic nitrogens is 2. The Morgan fingerprint density at radius 2 is 1.69 bits per heavy atom. The second-order valence-corrected chi connectivity index (χ2v) is 3.66. The van der Waals surface area contributed by atoms with E-state index < -0.39 is 5.60 Å². The zero-order valence-electron chi connectivity index (χ0n) is 7.61. The Balaban J connectivity index is 2.23. The van der Waals surface area contributed by atoms with E-state index in [1.165, 1.54) is 6.42 Å². The third kappa shape index (κ3) is 1.70. The molecule has 1 heterocycles. The van der Waals surface area contributed by atoms with Gasteiger partial charge in [0.1, 0.15) is 5.60 Å². The van der Waals surface area contributed by atoms with Gasteiger partial charge in [0.05, 0.1) is 0 Å². The molecule has 1 aromatic rings. The Morgan fingerprint density at radius 1 is 1.08 bits per heavy atom. The highest BCUT2D eigenvalue weighted by Crippen LogP contribution is 2.34. The van der Waals surface area contributed by atoms with Crippen LogP contribution in [-0.2, 0) is 5.60 Å². The Kier molecular flexibility index (Phi) is 2.27. The summed E-state index contributed by atoms with van der Waals surface area (Å²) < 4.78 is 0. The van der Waals surface area contributed by atoms with Crippen LogP contribution in [0, 0.1) is 0 Å². The van der Waals surface area contributed by atoms with Crippen molar-refractivity contribution in [2.75, 3.05) is 0 Å². The molecule has 0 amide bonds. The summed E-state index contributed by atoms with van der Waals surface area (Å²) in [5.41, 5.74) is -0.750. The molecule has 1 N–H and O–H groups in total. The molecule has 1 aliphatic carbocycles. The lowest BCUT2D eigenvalue weighted by molar-refractivity contribution is -0.00895. The molecule has 3 heteroatoms. The largest absolute Gasteiger partial charge is 0.382 e. The van der Waals surface area contributed by atoms with E-state index in [1.54, 1.807) is 18.5 Å². The molecule has 70 valence electrons. The highest BCUT2D eigenvalue weighted by Gasteiger charge is 2.33. The van der Waals surface area contributed by atoms with Gasteiger partial charge in [-0.05, 0) is 18.9 Å². The third-order valence-corrected chi connectivity index (χ3v) is 2.66. The van der Waals surface area contributed by atoms with Crippen molar-refractivity contribution >= 4 is 0 Å². The van der Waals surface area contributed by atoms with Crippen LogP contribution < -0.4 is 0 Å². The minimum Gasteiger partial charge on any atom is -0.382 e. The fourth-order valence-electron chi connectivity index (χ4n) is 1.90. The SMILES string of the molecule is OC1(c2ncccn2)CCCCC1. The van der Waals surface area contributed by atoms with E-state index in [9.17, 15) is 5.11 Å². The molecule has 0 unspecified atom stereocenters. The van der Waals surface area contributed by atoms with Crippen LogP contribution >= 0.6 is 0 Å². The predicted octanol–water partition coefficient (Wildman–Crippen LogP) is 1.63. The van der Waals surface area contributed by atoms with Crippen molar-refractivity contribution in [3.8, 4) is 0 Å². The van der Waals surface area contributed by atoms with E-state index in [-0.39, 0.29) is 0 Å². The molecule has 0 aliphatic heterocycles. The molecule has 13 heavy (non-hydrogen) atoms. The van der Waals surface area contributed by atoms with Crippen molar-refractivity contribution in [1.82, 2.24) is 9.97 Å². The monoisotopic (exact) mass is 178 g/mol. The summed E-state index contributed by atoms with van der Waals surface area (Å²) in [6.07, 6.45) is 8.36. The number of aliphatic hydroxyl groups is 1. The topological polar surface area (TPSA) is 46.0 Å². The highest BCUT2D eigenvalue weighted by atomic mass is 16.3. The van der Waals surface area contributed by atoms with Crippen LogP contribution in [-0.4, -0.2) is 15.1 Å². The van der Waals surface area contributed by atoms with Crippen LogP contribution in [0.3, 0.4) is 0 Å². The first-order valence-corrected chi connectivity index (χ1v) is 4.81. The van der Waals surface area contributed by atoms with Crippen LogP contribution in [0.4, 0.5) is 0 Å². The first-order valence-electron chi connectivity index (χ1n) is 4.81. The van der Waals surface area contributed by atoms with Gasteiger partial charge in [-0.25, -0.2) is 9.97 Å². The molecule has 0 radical (unpaired) electrons. The highest BCUT2D eigenvalue weighted by molar-refractivity contribution is 5.02. The second-order valence-electron chi connectivity index (χ2n) is 3.66. The summed E-state index contributed by atoms with van der Waals surface area (Å²) in [6, 6.07) is 1.77. The van der Waals surface area contributed by atoms with Crippen molar-refractivity contribution < 1.29 is 5.11 Å². The van der Waals surface area contributed by atoms with Gasteiger partial charge in [0, 0.05) is 12.4 Å². The van der Waals surface area contributed by atoms with E-state index in [1.807, 2.05) is 0 Å². The van der Waals surface area contributed by atoms with Crippen LogP contribution in [0.25, 0.3) is 0 Å². The minimum atomic E-state index is -0.750. The molecule has 2 rings (SSSR count). The zero-order valence-corrected chi connectivity index (χ0v) is 7.61. The molecule has 0 saturated heterocycles. The van der Waals surface area contributed by atoms with E-state index in [0.717, 1.165) is 25.7 Å². The molecular formula is C10H14N2O. The Hall–Kier alpha value is -0.960. The summed E-state index contributed by atoms with van der Waals surface area (Å²) in [7, 11) is 0. The van der Waals surface area contributed by atoms with Crippen molar-refractivity contribution in [1.29, 1.82) is 0 Å². The lowest BCUT2D eigenvalue weighted by atomic mass is 9.84. The van der Waals surface area contributed by atoms with Crippen molar-refractivity contribution in [2.24, 2.45) is 0 Å². The van der Waals surface area contributed by atoms with Gasteiger partial charge in [-0.3, -0.25) is 0 Å². The van der Waals surface area contributed by atoms with E-state index in [2.05, 4.69) is 9.97 Å². The molecule has 0 aromatic carbocycles. The zero-order chi connectivity index (χ0) is 9.15. The summed E-state index contributed by atoms with van der Waals surface area (Å²) in [4.78, 5) is 8.23. The molecular weight excluding hydrogens is 164 g/mol. The maximum atomic E-state index is 10.2. The molecule has 1 saturated carbocycles. The average Bonchev–Trinajstić information content (AvgIpc) is 2.20. The van der Waals surface area contributed by atoms with Gasteiger partial charge in [0.25, 0.3) is 0 Å². The minimum absolute atomic E-state index is 0.592. The summed E-state index contributed by atoms with van der Waals surface area (Å²) >= 11 is 0. The molecule has 0 bridgehead atoms. The molecule has 3 nitrogen and oxygen atoms in total. The van der Waals surface area contributed by atoms with Crippen LogP contribution in [0.1, 0.15) is 37.9 Å². The molecule has 0 atom stereocenters. The van der Waals surface area contributed by atoms with Gasteiger partial charge in [-0.2, -0.15) is 0 Å². The lowest BCUT2D eigenvalue weighted by Gasteiger charge is -2.30. The van der Waals surface area contributed by atoms with Gasteiger partial charge in [-0.15, -0.1) is 0 Å². The van der Waals surface area contributed by atoms with Crippen molar-refractivity contribution in [2.45, 2.75) is 37.7 Å². The van der Waals surface area contributed by atoms with Gasteiger partial charge in [-0.1, -0.05) is 19.3 Å². The first-order chi connectivity index (χ1) is 6.31. The summed E-state index contributed by atoms with van der Waals surface area (Å²) in [5, 5.41) is 10.2. The second kappa shape index (κ2) is 3.42. The van der Waals surface area contributed by atoms with E-state index in [4.69, 9.17) is 0 Å². The van der Waals surface area contributed by atoms with Gasteiger partial charge < -0.3 is 5.11 Å². The fourth-order valence-corrected chi connectivity index (χ4v) is 1.90. The molecule has 1 aliphatic rings. The number of hydrogen-bond donors (Lipinski definition) is 1. The van der Waals surface area contributed by atoms with Crippen molar-refractivity contribution in [3.63, 3.8) is 0 Å². The normalized spacial score (nSPS) is 21.3. The maximum absolute atomic E-state index is 10.2. The summed E-state index contributed by atoms with van der Waals surface area (Å²) in [6.45, 7) is 0. The number of nitrogens with zero attached hydrogens (tertiary/aromatic N) is 2. The number of hydrogen-bond acceptors (Lipinski definition) is 3. The van der Waals surface area contributed by atoms with E-state index in [0.29, 0.717) is 5.82 Å². The van der Waals surface area contributed by atoms with Crippen LogP contribution in [0.15, 0.2) is 18.5 Å². The van der Waals surface area contributed by atoms with Gasteiger partial charge >= 0.3 is 0 Å². The third-order valence-electron chi connectivity index (χ3n) is 2.66. The lowest BCUT2D eigenvalue weighted by Crippen LogP contribution is -2.30.